The highest BCUT2D eigenvalue weighted by Crippen LogP contribution is 2.02. The van der Waals surface area contributed by atoms with Crippen LogP contribution in [0.4, 0.5) is 0 Å². The molecule has 0 spiro atoms. The van der Waals surface area contributed by atoms with E-state index in [1.165, 1.54) is 5.01 Å². The summed E-state index contributed by atoms with van der Waals surface area (Å²) in [5.74, 6) is -0.464. The lowest BCUT2D eigenvalue weighted by Crippen LogP contribution is -2.52. The van der Waals surface area contributed by atoms with Gasteiger partial charge in [0, 0.05) is 21.4 Å². The van der Waals surface area contributed by atoms with Crippen LogP contribution in [0.2, 0.25) is 0 Å². The van der Waals surface area contributed by atoms with Crippen molar-refractivity contribution in [3.63, 3.8) is 0 Å². The van der Waals surface area contributed by atoms with E-state index in [2.05, 4.69) is 10.1 Å². The van der Waals surface area contributed by atoms with Crippen molar-refractivity contribution in [1.29, 1.82) is 0 Å². The fourth-order valence-corrected chi connectivity index (χ4v) is 2.34. The van der Waals surface area contributed by atoms with Crippen molar-refractivity contribution in [1.82, 2.24) is 15.2 Å². The Morgan fingerprint density at radius 2 is 2.11 bits per heavy atom. The van der Waals surface area contributed by atoms with Gasteiger partial charge >= 0.3 is 0 Å². The van der Waals surface area contributed by atoms with Gasteiger partial charge in [0.25, 0.3) is 0 Å². The maximum absolute atomic E-state index is 11.2. The first kappa shape index (κ1) is 16.4. The van der Waals surface area contributed by atoms with Gasteiger partial charge in [-0.3, -0.25) is 4.79 Å². The van der Waals surface area contributed by atoms with E-state index in [-0.39, 0.29) is 6.54 Å². The van der Waals surface area contributed by atoms with Crippen LogP contribution < -0.4 is 10.1 Å². The molecule has 7 nitrogen and oxygen atoms in total. The number of aliphatic hydroxyl groups is 1. The zero-order valence-corrected chi connectivity index (χ0v) is 12.5. The number of nitrogens with one attached hydrogen (secondary N) is 2. The molecule has 1 amide bonds. The summed E-state index contributed by atoms with van der Waals surface area (Å²) >= 11 is 0. The quantitative estimate of drug-likeness (QED) is 0.495. The largest absolute Gasteiger partial charge is 0.390 e. The second kappa shape index (κ2) is 8.47. The average Bonchev–Trinajstić information content (AvgIpc) is 2.33. The Labute approximate surface area is 116 Å². The smallest absolute Gasteiger partial charge is 0.221 e. The molecule has 0 aliphatic carbocycles. The zero-order valence-electron chi connectivity index (χ0n) is 12.7. The van der Waals surface area contributed by atoms with E-state index in [9.17, 15) is 18.3 Å². The predicted molar refractivity (Wildman–Crippen MR) is 73.7 cm³/mol. The zero-order chi connectivity index (χ0) is 15.8. The Morgan fingerprint density at radius 3 is 2.53 bits per heavy atom. The number of hydrogen-bond donors (Lipinski definition) is 3. The van der Waals surface area contributed by atoms with Crippen molar-refractivity contribution < 1.29 is 19.7 Å². The molecule has 0 saturated heterocycles. The summed E-state index contributed by atoms with van der Waals surface area (Å²) in [6, 6.07) is -0.506. The van der Waals surface area contributed by atoms with Gasteiger partial charge in [-0.05, 0) is 12.8 Å². The average molecular weight is 297 g/mol. The number of hydrazine groups is 1. The molecule has 0 fully saturated rings. The van der Waals surface area contributed by atoms with E-state index < -0.39 is 35.0 Å². The van der Waals surface area contributed by atoms with Crippen LogP contribution in [-0.4, -0.2) is 55.9 Å². The van der Waals surface area contributed by atoms with E-state index in [1.807, 2.05) is 6.92 Å². The molecule has 0 aliphatic heterocycles. The van der Waals surface area contributed by atoms with Crippen molar-refractivity contribution in [2.24, 2.45) is 0 Å². The summed E-state index contributed by atoms with van der Waals surface area (Å²) in [7, 11) is -3.40. The number of carbonyl (C=O) groups is 1. The second-order valence-corrected chi connectivity index (χ2v) is 6.19. The fourth-order valence-electron chi connectivity index (χ4n) is 1.71. The highest BCUT2D eigenvalue weighted by Gasteiger charge is 2.22. The SMILES string of the molecule is [3H]CC(=O)NC(CC)C(O)CN(CCC)NS(C)(=O)=O. The van der Waals surface area contributed by atoms with Crippen LogP contribution in [-0.2, 0) is 14.8 Å². The Kier molecular flexibility index (Phi) is 7.29. The van der Waals surface area contributed by atoms with Crippen LogP contribution in [0.3, 0.4) is 0 Å². The molecule has 114 valence electrons. The molecule has 0 aromatic heterocycles. The summed E-state index contributed by atoms with van der Waals surface area (Å²) in [6.45, 7) is 3.81. The number of carbonyl (C=O) groups excluding carboxylic acids is 1. The predicted octanol–water partition coefficient (Wildman–Crippen LogP) is -0.562. The van der Waals surface area contributed by atoms with Crippen LogP contribution >= 0.6 is 0 Å². The Hall–Kier alpha value is -0.700. The van der Waals surface area contributed by atoms with Gasteiger partial charge in [0.2, 0.25) is 15.9 Å². The third-order valence-corrected chi connectivity index (χ3v) is 3.04. The van der Waals surface area contributed by atoms with Gasteiger partial charge in [0.05, 0.1) is 18.4 Å². The summed E-state index contributed by atoms with van der Waals surface area (Å²) < 4.78 is 29.4. The fraction of sp³-hybridized carbons (Fsp3) is 0.909. The van der Waals surface area contributed by atoms with Gasteiger partial charge in [-0.15, -0.1) is 4.83 Å². The minimum atomic E-state index is -3.40. The Bertz CT molecular complexity index is 391. The monoisotopic (exact) mass is 297 g/mol. The van der Waals surface area contributed by atoms with E-state index in [0.717, 1.165) is 6.26 Å². The van der Waals surface area contributed by atoms with Gasteiger partial charge in [0.15, 0.2) is 0 Å². The maximum Gasteiger partial charge on any atom is 0.221 e. The molecule has 3 N–H and O–H groups in total. The molecule has 0 bridgehead atoms. The molecule has 0 rings (SSSR count). The minimum Gasteiger partial charge on any atom is -0.390 e. The Balaban J connectivity index is 4.62. The van der Waals surface area contributed by atoms with Crippen LogP contribution in [0.1, 0.15) is 35.0 Å². The summed E-state index contributed by atoms with van der Waals surface area (Å²) in [4.78, 5) is 13.5. The molecule has 0 aromatic carbocycles. The number of rotatable bonds is 9. The number of amides is 1. The lowest BCUT2D eigenvalue weighted by atomic mass is 10.1. The van der Waals surface area contributed by atoms with Crippen molar-refractivity contribution in [2.45, 2.75) is 45.7 Å². The first-order chi connectivity index (χ1) is 9.23. The first-order valence-corrected chi connectivity index (χ1v) is 8.11. The lowest BCUT2D eigenvalue weighted by Gasteiger charge is -2.28. The highest BCUT2D eigenvalue weighted by atomic mass is 32.2. The summed E-state index contributed by atoms with van der Waals surface area (Å²) in [5, 5.41) is 14.1. The summed E-state index contributed by atoms with van der Waals surface area (Å²) in [6.07, 6.45) is 1.33. The van der Waals surface area contributed by atoms with E-state index in [1.54, 1.807) is 6.92 Å². The first-order valence-electron chi connectivity index (χ1n) is 6.93. The summed E-state index contributed by atoms with van der Waals surface area (Å²) in [5.41, 5.74) is 0. The van der Waals surface area contributed by atoms with Gasteiger partial charge in [-0.25, -0.2) is 13.4 Å². The van der Waals surface area contributed by atoms with E-state index in [4.69, 9.17) is 1.37 Å². The molecule has 2 atom stereocenters. The van der Waals surface area contributed by atoms with Gasteiger partial charge in [-0.2, -0.15) is 0 Å². The van der Waals surface area contributed by atoms with Crippen LogP contribution in [0.15, 0.2) is 0 Å². The van der Waals surface area contributed by atoms with Crippen molar-refractivity contribution >= 4 is 15.9 Å². The lowest BCUT2D eigenvalue weighted by molar-refractivity contribution is -0.120. The third-order valence-electron chi connectivity index (χ3n) is 2.45. The minimum absolute atomic E-state index is 0.0672. The van der Waals surface area contributed by atoms with E-state index in [0.29, 0.717) is 19.4 Å². The van der Waals surface area contributed by atoms with Crippen LogP contribution in [0, 0.1) is 0 Å². The number of nitrogens with zero attached hydrogens (tertiary/aromatic N) is 1. The van der Waals surface area contributed by atoms with Gasteiger partial charge in [-0.1, -0.05) is 13.8 Å². The number of aliphatic hydroxyl groups excluding tert-OH is 1. The Morgan fingerprint density at radius 1 is 1.47 bits per heavy atom. The second-order valence-electron chi connectivity index (χ2n) is 4.46. The molecule has 0 aliphatic rings. The third kappa shape index (κ3) is 8.93. The number of sulfonamides is 1. The van der Waals surface area contributed by atoms with Crippen LogP contribution in [0.5, 0.6) is 0 Å². The van der Waals surface area contributed by atoms with Crippen molar-refractivity contribution in [3.8, 4) is 0 Å². The van der Waals surface area contributed by atoms with Crippen LogP contribution in [0.25, 0.3) is 0 Å². The molecule has 8 heteroatoms. The number of hydrogen-bond acceptors (Lipinski definition) is 5. The normalized spacial score (nSPS) is 15.9. The highest BCUT2D eigenvalue weighted by molar-refractivity contribution is 7.88. The maximum atomic E-state index is 11.2. The molecule has 2 unspecified atom stereocenters. The van der Waals surface area contributed by atoms with Gasteiger partial charge in [0.1, 0.15) is 0 Å². The molecule has 0 aromatic rings. The topological polar surface area (TPSA) is 98.7 Å². The van der Waals surface area contributed by atoms with Crippen molar-refractivity contribution in [3.05, 3.63) is 0 Å². The van der Waals surface area contributed by atoms with E-state index >= 15 is 0 Å². The molecule has 0 heterocycles. The van der Waals surface area contributed by atoms with Gasteiger partial charge < -0.3 is 10.4 Å². The van der Waals surface area contributed by atoms with Crippen molar-refractivity contribution in [2.75, 3.05) is 19.3 Å². The molecule has 0 radical (unpaired) electrons. The standard InChI is InChI=1S/C11H25N3O4S/c1-5-7-14(13-19(4,17)18)8-11(16)10(6-2)12-9(3)15/h10-11,13,16H,5-8H2,1-4H3,(H,12,15)/i3T. The molecule has 19 heavy (non-hydrogen) atoms. The molecule has 0 saturated carbocycles. The molecular weight excluding hydrogens is 270 g/mol. The molecular formula is C11H25N3O4S.